The molecule has 0 spiro atoms. The highest BCUT2D eigenvalue weighted by atomic mass is 32.2. The molecule has 2 amide bonds. The maximum atomic E-state index is 12.9. The third kappa shape index (κ3) is 5.31. The SMILES string of the molecule is O=C(NC(=O)c1cccc(OC(F)(F)C(F)F)c1)O[C@@H]1CCS(=O)(=O)C1. The number of imide groups is 1. The molecule has 0 aliphatic carbocycles. The van der Waals surface area contributed by atoms with E-state index in [0.29, 0.717) is 0 Å². The fourth-order valence-electron chi connectivity index (χ4n) is 2.10. The maximum Gasteiger partial charge on any atom is 0.461 e. The lowest BCUT2D eigenvalue weighted by Crippen LogP contribution is -2.35. The van der Waals surface area contributed by atoms with Gasteiger partial charge in [0.25, 0.3) is 5.91 Å². The normalized spacial score (nSPS) is 19.2. The van der Waals surface area contributed by atoms with Gasteiger partial charge in [0.05, 0.1) is 11.5 Å². The van der Waals surface area contributed by atoms with Gasteiger partial charge in [-0.1, -0.05) is 6.07 Å². The van der Waals surface area contributed by atoms with Gasteiger partial charge >= 0.3 is 18.6 Å². The highest BCUT2D eigenvalue weighted by molar-refractivity contribution is 7.91. The number of hydrogen-bond acceptors (Lipinski definition) is 6. The molecular weight excluding hydrogens is 386 g/mol. The average Bonchev–Trinajstić information content (AvgIpc) is 2.85. The first-order chi connectivity index (χ1) is 12.0. The largest absolute Gasteiger partial charge is 0.461 e. The van der Waals surface area contributed by atoms with E-state index in [1.807, 2.05) is 0 Å². The molecule has 1 N–H and O–H groups in total. The molecule has 2 rings (SSSR count). The van der Waals surface area contributed by atoms with Crippen LogP contribution in [0.3, 0.4) is 0 Å². The zero-order valence-corrected chi connectivity index (χ0v) is 13.8. The van der Waals surface area contributed by atoms with E-state index in [1.165, 1.54) is 0 Å². The minimum absolute atomic E-state index is 0.0932. The Kier molecular flexibility index (Phi) is 5.74. The Bertz CT molecular complexity index is 798. The number of amides is 2. The van der Waals surface area contributed by atoms with E-state index in [1.54, 1.807) is 5.32 Å². The highest BCUT2D eigenvalue weighted by Gasteiger charge is 2.44. The van der Waals surface area contributed by atoms with Crippen molar-refractivity contribution in [3.05, 3.63) is 29.8 Å². The average molecular weight is 399 g/mol. The molecule has 0 unspecified atom stereocenters. The third-order valence-electron chi connectivity index (χ3n) is 3.28. The predicted octanol–water partition coefficient (Wildman–Crippen LogP) is 1.98. The van der Waals surface area contributed by atoms with Gasteiger partial charge in [0.15, 0.2) is 9.84 Å². The molecule has 1 saturated heterocycles. The van der Waals surface area contributed by atoms with Crippen molar-refractivity contribution in [1.29, 1.82) is 0 Å². The van der Waals surface area contributed by atoms with Gasteiger partial charge < -0.3 is 9.47 Å². The van der Waals surface area contributed by atoms with Crippen LogP contribution in [0.4, 0.5) is 22.4 Å². The number of nitrogens with one attached hydrogen (secondary N) is 1. The lowest BCUT2D eigenvalue weighted by Gasteiger charge is -2.17. The van der Waals surface area contributed by atoms with E-state index in [-0.39, 0.29) is 23.5 Å². The minimum atomic E-state index is -4.75. The fourth-order valence-corrected chi connectivity index (χ4v) is 3.69. The van der Waals surface area contributed by atoms with Crippen LogP contribution in [0.5, 0.6) is 5.75 Å². The molecule has 1 fully saturated rings. The molecule has 1 atom stereocenters. The topological polar surface area (TPSA) is 98.8 Å². The van der Waals surface area contributed by atoms with Crippen LogP contribution in [0.2, 0.25) is 0 Å². The first-order valence-electron chi connectivity index (χ1n) is 7.16. The van der Waals surface area contributed by atoms with E-state index in [4.69, 9.17) is 4.74 Å². The summed E-state index contributed by atoms with van der Waals surface area (Å²) in [5.74, 6) is -2.28. The summed E-state index contributed by atoms with van der Waals surface area (Å²) in [4.78, 5) is 23.5. The molecule has 1 heterocycles. The molecule has 0 bridgehead atoms. The number of halogens is 4. The zero-order chi connectivity index (χ0) is 19.5. The molecule has 1 aromatic rings. The number of carbonyl (C=O) groups is 2. The lowest BCUT2D eigenvalue weighted by molar-refractivity contribution is -0.253. The van der Waals surface area contributed by atoms with Crippen molar-refractivity contribution in [2.24, 2.45) is 0 Å². The van der Waals surface area contributed by atoms with Crippen molar-refractivity contribution >= 4 is 21.8 Å². The van der Waals surface area contributed by atoms with Crippen LogP contribution < -0.4 is 10.1 Å². The van der Waals surface area contributed by atoms with E-state index < -0.39 is 46.2 Å². The van der Waals surface area contributed by atoms with Crippen molar-refractivity contribution < 1.29 is 45.0 Å². The molecule has 1 aliphatic rings. The van der Waals surface area contributed by atoms with Gasteiger partial charge in [-0.3, -0.25) is 10.1 Å². The first-order valence-corrected chi connectivity index (χ1v) is 8.98. The third-order valence-corrected chi connectivity index (χ3v) is 5.02. The van der Waals surface area contributed by atoms with Crippen molar-refractivity contribution in [2.75, 3.05) is 11.5 Å². The fraction of sp³-hybridized carbons (Fsp3) is 0.429. The van der Waals surface area contributed by atoms with Crippen LogP contribution >= 0.6 is 0 Å². The number of hydrogen-bond donors (Lipinski definition) is 1. The minimum Gasteiger partial charge on any atom is -0.445 e. The number of alkyl halides is 4. The molecule has 0 aromatic heterocycles. The number of sulfone groups is 1. The lowest BCUT2D eigenvalue weighted by atomic mass is 10.2. The maximum absolute atomic E-state index is 12.9. The van der Waals surface area contributed by atoms with Crippen LogP contribution in [-0.4, -0.2) is 50.6 Å². The highest BCUT2D eigenvalue weighted by Crippen LogP contribution is 2.27. The van der Waals surface area contributed by atoms with E-state index in [9.17, 15) is 35.6 Å². The summed E-state index contributed by atoms with van der Waals surface area (Å²) < 4.78 is 81.1. The van der Waals surface area contributed by atoms with E-state index >= 15 is 0 Å². The van der Waals surface area contributed by atoms with Crippen molar-refractivity contribution in [3.63, 3.8) is 0 Å². The molecule has 1 aliphatic heterocycles. The monoisotopic (exact) mass is 399 g/mol. The number of carbonyl (C=O) groups excluding carboxylic acids is 2. The molecule has 0 radical (unpaired) electrons. The first kappa shape index (κ1) is 19.9. The summed E-state index contributed by atoms with van der Waals surface area (Å²) in [6.07, 6.45) is -10.8. The summed E-state index contributed by atoms with van der Waals surface area (Å²) in [5, 5.41) is 1.78. The Morgan fingerprint density at radius 2 is 1.96 bits per heavy atom. The summed E-state index contributed by atoms with van der Waals surface area (Å²) in [6.45, 7) is 0. The smallest absolute Gasteiger partial charge is 0.445 e. The number of ether oxygens (including phenoxy) is 2. The van der Waals surface area contributed by atoms with Gasteiger partial charge in [-0.05, 0) is 24.6 Å². The van der Waals surface area contributed by atoms with Crippen LogP contribution in [0.25, 0.3) is 0 Å². The van der Waals surface area contributed by atoms with E-state index in [2.05, 4.69) is 4.74 Å². The van der Waals surface area contributed by atoms with Gasteiger partial charge in [-0.2, -0.15) is 17.6 Å². The predicted molar refractivity (Wildman–Crippen MR) is 79.0 cm³/mol. The van der Waals surface area contributed by atoms with Gasteiger partial charge in [0.2, 0.25) is 0 Å². The Labute approximate surface area is 145 Å². The van der Waals surface area contributed by atoms with Crippen LogP contribution in [-0.2, 0) is 14.6 Å². The summed E-state index contributed by atoms with van der Waals surface area (Å²) in [7, 11) is -3.29. The molecule has 26 heavy (non-hydrogen) atoms. The van der Waals surface area contributed by atoms with E-state index in [0.717, 1.165) is 24.3 Å². The van der Waals surface area contributed by atoms with Gasteiger partial charge in [0.1, 0.15) is 11.9 Å². The molecule has 144 valence electrons. The Morgan fingerprint density at radius 1 is 1.27 bits per heavy atom. The Balaban J connectivity index is 1.97. The number of rotatable bonds is 5. The van der Waals surface area contributed by atoms with Crippen molar-refractivity contribution in [3.8, 4) is 5.75 Å². The number of alkyl carbamates (subject to hydrolysis) is 1. The second-order valence-electron chi connectivity index (χ2n) is 5.38. The molecule has 12 heteroatoms. The molecule has 0 saturated carbocycles. The van der Waals surface area contributed by atoms with Crippen LogP contribution in [0.1, 0.15) is 16.8 Å². The van der Waals surface area contributed by atoms with Crippen molar-refractivity contribution in [1.82, 2.24) is 5.32 Å². The molecular formula is C14H13F4NO6S. The van der Waals surface area contributed by atoms with Gasteiger partial charge in [-0.25, -0.2) is 13.2 Å². The van der Waals surface area contributed by atoms with Crippen LogP contribution in [0.15, 0.2) is 24.3 Å². The second-order valence-corrected chi connectivity index (χ2v) is 7.61. The quantitative estimate of drug-likeness (QED) is 0.761. The summed E-state index contributed by atoms with van der Waals surface area (Å²) >= 11 is 0. The van der Waals surface area contributed by atoms with Crippen molar-refractivity contribution in [2.45, 2.75) is 25.1 Å². The standard InChI is InChI=1S/C14H13F4NO6S/c15-12(16)14(17,18)25-9-3-1-2-8(6-9)11(20)19-13(21)24-10-4-5-26(22,23)7-10/h1-3,6,10,12H,4-5,7H2,(H,19,20,21)/t10-/m1/s1. The van der Waals surface area contributed by atoms with Crippen LogP contribution in [0, 0.1) is 0 Å². The molecule has 1 aromatic carbocycles. The zero-order valence-electron chi connectivity index (χ0n) is 13.0. The Morgan fingerprint density at radius 3 is 2.54 bits per heavy atom. The second kappa shape index (κ2) is 7.48. The summed E-state index contributed by atoms with van der Waals surface area (Å²) in [6, 6.07) is 3.87. The number of benzene rings is 1. The molecule has 7 nitrogen and oxygen atoms in total. The summed E-state index contributed by atoms with van der Waals surface area (Å²) in [5.41, 5.74) is -0.330. The Hall–Kier alpha value is -2.37. The van der Waals surface area contributed by atoms with Gasteiger partial charge in [-0.15, -0.1) is 0 Å². The van der Waals surface area contributed by atoms with Gasteiger partial charge in [0, 0.05) is 5.56 Å².